The maximum atomic E-state index is 9.40. The number of ether oxygens (including phenoxy) is 1. The molecule has 0 aliphatic heterocycles. The highest BCUT2D eigenvalue weighted by Gasteiger charge is 2.01. The molecule has 0 saturated heterocycles. The fourth-order valence-corrected chi connectivity index (χ4v) is 2.49. The summed E-state index contributed by atoms with van der Waals surface area (Å²) in [7, 11) is 0. The lowest BCUT2D eigenvalue weighted by atomic mass is 10.1. The lowest BCUT2D eigenvalue weighted by Crippen LogP contribution is -2.20. The number of alkyl halides is 1. The standard InChI is InChI=1S/C19H32ClNO2/c1-2-3-4-5-6-7-8-9-14-23-19-12-10-17(11-13-19)21-16-18(22)15-20/h10-13,18,21-22H,2-9,14-16H2,1H3. The van der Waals surface area contributed by atoms with Gasteiger partial charge in [-0.3, -0.25) is 0 Å². The van der Waals surface area contributed by atoms with Crippen LogP contribution in [-0.2, 0) is 0 Å². The van der Waals surface area contributed by atoms with Crippen LogP contribution in [0.25, 0.3) is 0 Å². The zero-order valence-corrected chi connectivity index (χ0v) is 15.2. The lowest BCUT2D eigenvalue weighted by Gasteiger charge is -2.11. The molecule has 1 aromatic carbocycles. The first-order chi connectivity index (χ1) is 11.3. The van der Waals surface area contributed by atoms with Crippen LogP contribution in [0.3, 0.4) is 0 Å². The molecule has 23 heavy (non-hydrogen) atoms. The Balaban J connectivity index is 2.04. The number of halogens is 1. The highest BCUT2D eigenvalue weighted by molar-refractivity contribution is 6.18. The summed E-state index contributed by atoms with van der Waals surface area (Å²) in [6, 6.07) is 7.84. The topological polar surface area (TPSA) is 41.5 Å². The van der Waals surface area contributed by atoms with E-state index in [1.165, 1.54) is 44.9 Å². The van der Waals surface area contributed by atoms with Crippen molar-refractivity contribution < 1.29 is 9.84 Å². The number of hydrogen-bond donors (Lipinski definition) is 2. The fourth-order valence-electron chi connectivity index (χ4n) is 2.39. The molecular formula is C19H32ClNO2. The summed E-state index contributed by atoms with van der Waals surface area (Å²) < 4.78 is 5.75. The maximum absolute atomic E-state index is 9.40. The second-order valence-corrected chi connectivity index (χ2v) is 6.35. The summed E-state index contributed by atoms with van der Waals surface area (Å²) in [6.45, 7) is 3.50. The maximum Gasteiger partial charge on any atom is 0.119 e. The molecule has 0 fully saturated rings. The molecule has 0 heterocycles. The SMILES string of the molecule is CCCCCCCCCCOc1ccc(NCC(O)CCl)cc1. The van der Waals surface area contributed by atoms with E-state index in [2.05, 4.69) is 12.2 Å². The second kappa shape index (κ2) is 13.5. The van der Waals surface area contributed by atoms with Crippen LogP contribution in [0.4, 0.5) is 5.69 Å². The Morgan fingerprint density at radius 1 is 1.00 bits per heavy atom. The van der Waals surface area contributed by atoms with E-state index in [0.717, 1.165) is 24.5 Å². The normalized spacial score (nSPS) is 12.1. The van der Waals surface area contributed by atoms with Crippen molar-refractivity contribution in [3.8, 4) is 5.75 Å². The first kappa shape index (κ1) is 20.1. The van der Waals surface area contributed by atoms with Crippen molar-refractivity contribution in [2.45, 2.75) is 64.4 Å². The third-order valence-electron chi connectivity index (χ3n) is 3.84. The molecule has 1 aromatic rings. The predicted molar refractivity (Wildman–Crippen MR) is 99.8 cm³/mol. The highest BCUT2D eigenvalue weighted by Crippen LogP contribution is 2.16. The molecule has 0 spiro atoms. The van der Waals surface area contributed by atoms with Crippen LogP contribution in [-0.4, -0.2) is 30.2 Å². The Morgan fingerprint density at radius 3 is 2.22 bits per heavy atom. The van der Waals surface area contributed by atoms with Crippen molar-refractivity contribution in [2.75, 3.05) is 24.3 Å². The molecule has 4 heteroatoms. The van der Waals surface area contributed by atoms with E-state index in [9.17, 15) is 5.11 Å². The van der Waals surface area contributed by atoms with E-state index in [1.54, 1.807) is 0 Å². The van der Waals surface area contributed by atoms with E-state index in [0.29, 0.717) is 6.54 Å². The van der Waals surface area contributed by atoms with Gasteiger partial charge in [0.25, 0.3) is 0 Å². The van der Waals surface area contributed by atoms with E-state index >= 15 is 0 Å². The van der Waals surface area contributed by atoms with Gasteiger partial charge in [-0.25, -0.2) is 0 Å². The number of nitrogens with one attached hydrogen (secondary N) is 1. The van der Waals surface area contributed by atoms with Gasteiger partial charge in [-0.15, -0.1) is 11.6 Å². The van der Waals surface area contributed by atoms with Crippen LogP contribution in [0.1, 0.15) is 58.3 Å². The molecule has 0 aliphatic rings. The number of benzene rings is 1. The molecule has 1 rings (SSSR count). The number of aliphatic hydroxyl groups is 1. The fraction of sp³-hybridized carbons (Fsp3) is 0.684. The van der Waals surface area contributed by atoms with Crippen molar-refractivity contribution in [1.29, 1.82) is 0 Å². The van der Waals surface area contributed by atoms with Crippen molar-refractivity contribution in [3.63, 3.8) is 0 Å². The Hall–Kier alpha value is -0.930. The molecule has 2 N–H and O–H groups in total. The summed E-state index contributed by atoms with van der Waals surface area (Å²) in [5.74, 6) is 1.14. The molecule has 3 nitrogen and oxygen atoms in total. The van der Waals surface area contributed by atoms with E-state index < -0.39 is 6.10 Å². The van der Waals surface area contributed by atoms with Crippen LogP contribution in [0.2, 0.25) is 0 Å². The van der Waals surface area contributed by atoms with Crippen LogP contribution in [0, 0.1) is 0 Å². The number of anilines is 1. The van der Waals surface area contributed by atoms with E-state index in [-0.39, 0.29) is 5.88 Å². The molecule has 0 bridgehead atoms. The van der Waals surface area contributed by atoms with Gasteiger partial charge in [0.2, 0.25) is 0 Å². The number of aliphatic hydroxyl groups excluding tert-OH is 1. The first-order valence-corrected chi connectivity index (χ1v) is 9.50. The van der Waals surface area contributed by atoms with Crippen molar-refractivity contribution in [3.05, 3.63) is 24.3 Å². The Kier molecular flexibility index (Phi) is 11.8. The Labute approximate surface area is 146 Å². The van der Waals surface area contributed by atoms with Crippen LogP contribution in [0.15, 0.2) is 24.3 Å². The highest BCUT2D eigenvalue weighted by atomic mass is 35.5. The van der Waals surface area contributed by atoms with Gasteiger partial charge in [-0.2, -0.15) is 0 Å². The van der Waals surface area contributed by atoms with Gasteiger partial charge in [0, 0.05) is 12.2 Å². The van der Waals surface area contributed by atoms with E-state index in [1.807, 2.05) is 24.3 Å². The zero-order chi connectivity index (χ0) is 16.8. The largest absolute Gasteiger partial charge is 0.494 e. The second-order valence-electron chi connectivity index (χ2n) is 6.04. The smallest absolute Gasteiger partial charge is 0.119 e. The van der Waals surface area contributed by atoms with Gasteiger partial charge < -0.3 is 15.2 Å². The van der Waals surface area contributed by atoms with Gasteiger partial charge in [0.1, 0.15) is 5.75 Å². The number of unbranched alkanes of at least 4 members (excludes halogenated alkanes) is 7. The van der Waals surface area contributed by atoms with Gasteiger partial charge in [-0.05, 0) is 30.7 Å². The van der Waals surface area contributed by atoms with Crippen molar-refractivity contribution >= 4 is 17.3 Å². The van der Waals surface area contributed by atoms with Crippen LogP contribution in [0.5, 0.6) is 5.75 Å². The minimum Gasteiger partial charge on any atom is -0.494 e. The first-order valence-electron chi connectivity index (χ1n) is 8.97. The van der Waals surface area contributed by atoms with Crippen LogP contribution >= 0.6 is 11.6 Å². The summed E-state index contributed by atoms with van der Waals surface area (Å²) in [5, 5.41) is 12.5. The third kappa shape index (κ3) is 10.5. The molecule has 0 amide bonds. The van der Waals surface area contributed by atoms with Gasteiger partial charge in [0.05, 0.1) is 18.6 Å². The zero-order valence-electron chi connectivity index (χ0n) is 14.4. The van der Waals surface area contributed by atoms with Crippen LogP contribution < -0.4 is 10.1 Å². The summed E-state index contributed by atoms with van der Waals surface area (Å²) in [6.07, 6.45) is 9.98. The van der Waals surface area contributed by atoms with Gasteiger partial charge in [-0.1, -0.05) is 51.9 Å². The average Bonchev–Trinajstić information content (AvgIpc) is 2.59. The molecule has 0 aliphatic carbocycles. The molecule has 0 radical (unpaired) electrons. The molecule has 1 atom stereocenters. The molecule has 132 valence electrons. The summed E-state index contributed by atoms with van der Waals surface area (Å²) in [5.41, 5.74) is 0.966. The lowest BCUT2D eigenvalue weighted by molar-refractivity contribution is 0.211. The minimum atomic E-state index is -0.519. The van der Waals surface area contributed by atoms with E-state index in [4.69, 9.17) is 16.3 Å². The quantitative estimate of drug-likeness (QED) is 0.360. The monoisotopic (exact) mass is 341 g/mol. The summed E-state index contributed by atoms with van der Waals surface area (Å²) >= 11 is 5.56. The van der Waals surface area contributed by atoms with Gasteiger partial charge in [0.15, 0.2) is 0 Å². The minimum absolute atomic E-state index is 0.243. The van der Waals surface area contributed by atoms with Gasteiger partial charge >= 0.3 is 0 Å². The molecule has 1 unspecified atom stereocenters. The Morgan fingerprint density at radius 2 is 1.61 bits per heavy atom. The predicted octanol–water partition coefficient (Wildman–Crippen LogP) is 5.22. The molecule has 0 saturated carbocycles. The molecular weight excluding hydrogens is 310 g/mol. The average molecular weight is 342 g/mol. The molecule has 0 aromatic heterocycles. The van der Waals surface area contributed by atoms with Crippen molar-refractivity contribution in [1.82, 2.24) is 0 Å². The third-order valence-corrected chi connectivity index (χ3v) is 4.20. The summed E-state index contributed by atoms with van der Waals surface area (Å²) in [4.78, 5) is 0. The van der Waals surface area contributed by atoms with Crippen molar-refractivity contribution in [2.24, 2.45) is 0 Å². The number of hydrogen-bond acceptors (Lipinski definition) is 3. The number of rotatable bonds is 14. The Bertz CT molecular complexity index is 383.